The summed E-state index contributed by atoms with van der Waals surface area (Å²) < 4.78 is 7.94. The number of amides is 2. The van der Waals surface area contributed by atoms with Crippen molar-refractivity contribution in [2.45, 2.75) is 38.5 Å². The van der Waals surface area contributed by atoms with Crippen LogP contribution in [0.5, 0.6) is 5.75 Å². The van der Waals surface area contributed by atoms with E-state index in [1.54, 1.807) is 0 Å². The number of likely N-dealkylation sites (tertiary alicyclic amines) is 1. The molecule has 1 saturated heterocycles. The van der Waals surface area contributed by atoms with E-state index in [1.165, 1.54) is 0 Å². The smallest absolute Gasteiger partial charge is 0.411 e. The number of halogens is 3. The predicted octanol–water partition coefficient (Wildman–Crippen LogP) is 8.68. The molecule has 4 N–H and O–H groups in total. The van der Waals surface area contributed by atoms with Gasteiger partial charge in [0.05, 0.1) is 14.6 Å². The Balaban J connectivity index is 0.997. The molecule has 0 saturated carbocycles. The lowest BCUT2D eigenvalue weighted by atomic mass is 10.0. The minimum absolute atomic E-state index is 0.0321. The Bertz CT molecular complexity index is 1620. The summed E-state index contributed by atoms with van der Waals surface area (Å²) in [5, 5.41) is 19.2. The number of hydrogen-bond acceptors (Lipinski definition) is 6. The van der Waals surface area contributed by atoms with Gasteiger partial charge in [-0.15, -0.1) is 0 Å². The van der Waals surface area contributed by atoms with Gasteiger partial charge in [0.1, 0.15) is 11.9 Å². The first-order valence-corrected chi connectivity index (χ1v) is 17.4. The van der Waals surface area contributed by atoms with Crippen molar-refractivity contribution in [3.63, 3.8) is 0 Å². The number of ether oxygens (including phenoxy) is 1. The fourth-order valence-electron chi connectivity index (χ4n) is 5.33. The summed E-state index contributed by atoms with van der Waals surface area (Å²) in [5.41, 5.74) is 5.49. The summed E-state index contributed by atoms with van der Waals surface area (Å²) in [5.74, 6) is 0.156. The molecule has 1 aliphatic heterocycles. The molecule has 0 aliphatic carbocycles. The number of carbonyl (C=O) groups is 2. The normalized spacial score (nSPS) is 13.7. The Hall–Kier alpha value is -3.22. The fraction of sp³-hybridized carbons (Fsp3) is 0.257. The number of nitrogens with one attached hydrogen (secondary N) is 3. The lowest BCUT2D eigenvalue weighted by Gasteiger charge is -2.31. The second-order valence-corrected chi connectivity index (χ2v) is 13.7. The van der Waals surface area contributed by atoms with Gasteiger partial charge >= 0.3 is 6.09 Å². The van der Waals surface area contributed by atoms with Crippen molar-refractivity contribution in [1.29, 1.82) is 0 Å². The molecule has 5 rings (SSSR count). The van der Waals surface area contributed by atoms with Gasteiger partial charge in [-0.1, -0.05) is 64.5 Å². The maximum Gasteiger partial charge on any atom is 0.411 e. The molecule has 1 heterocycles. The maximum atomic E-state index is 12.8. The van der Waals surface area contributed by atoms with Crippen LogP contribution < -0.4 is 16.0 Å². The molecule has 0 bridgehead atoms. The van der Waals surface area contributed by atoms with Gasteiger partial charge < -0.3 is 25.4 Å². The van der Waals surface area contributed by atoms with Gasteiger partial charge in [-0.2, -0.15) is 0 Å². The molecule has 0 unspecified atom stereocenters. The summed E-state index contributed by atoms with van der Waals surface area (Å²) >= 11 is 10.3. The van der Waals surface area contributed by atoms with E-state index in [4.69, 9.17) is 4.74 Å². The van der Waals surface area contributed by atoms with Crippen LogP contribution in [0.4, 0.5) is 16.2 Å². The molecular formula is C35H35Br3N4O4. The van der Waals surface area contributed by atoms with Crippen molar-refractivity contribution in [3.8, 4) is 16.9 Å². The summed E-state index contributed by atoms with van der Waals surface area (Å²) in [6.07, 6.45) is 1.19. The topological polar surface area (TPSA) is 103 Å². The van der Waals surface area contributed by atoms with Crippen molar-refractivity contribution in [2.24, 2.45) is 0 Å². The predicted molar refractivity (Wildman–Crippen MR) is 193 cm³/mol. The van der Waals surface area contributed by atoms with Crippen LogP contribution in [0.25, 0.3) is 11.1 Å². The van der Waals surface area contributed by atoms with Crippen molar-refractivity contribution in [3.05, 3.63) is 109 Å². The molecule has 8 nitrogen and oxygen atoms in total. The lowest BCUT2D eigenvalue weighted by molar-refractivity contribution is -0.116. The number of phenols is 1. The Morgan fingerprint density at radius 3 is 2.17 bits per heavy atom. The van der Waals surface area contributed by atoms with Gasteiger partial charge in [0.15, 0.2) is 0 Å². The molecule has 0 radical (unpaired) electrons. The van der Waals surface area contributed by atoms with Crippen LogP contribution >= 0.6 is 47.8 Å². The molecule has 1 aliphatic rings. The number of carbonyl (C=O) groups excluding carboxylic acids is 2. The van der Waals surface area contributed by atoms with E-state index in [-0.39, 0.29) is 17.8 Å². The van der Waals surface area contributed by atoms with Crippen LogP contribution in [-0.4, -0.2) is 47.7 Å². The number of piperidine rings is 1. The molecule has 11 heteroatoms. The second-order valence-electron chi connectivity index (χ2n) is 11.1. The van der Waals surface area contributed by atoms with Gasteiger partial charge in [-0.05, 0) is 97.8 Å². The first kappa shape index (κ1) is 34.1. The summed E-state index contributed by atoms with van der Waals surface area (Å²) in [6, 6.07) is 27.2. The standard InChI is InChI=1S/C35H35Br3N4O4/c36-28-7-4-8-31(33(28)25-5-2-1-3-6-25)41-35(45)46-27-13-16-42(17-14-27)18-15-32(43)40-26-11-9-23(10-12-26)21-39-22-24-19-29(37)34(44)30(38)20-24/h1-12,19-20,27,39,44H,13-18,21-22H2,(H,40,43)(H,41,45). The lowest BCUT2D eigenvalue weighted by Crippen LogP contribution is -2.39. The molecule has 0 atom stereocenters. The summed E-state index contributed by atoms with van der Waals surface area (Å²) in [6.45, 7) is 3.49. The number of hydrogen-bond donors (Lipinski definition) is 4. The van der Waals surface area contributed by atoms with E-state index in [2.05, 4.69) is 68.6 Å². The van der Waals surface area contributed by atoms with Gasteiger partial charge in [0.2, 0.25) is 5.91 Å². The summed E-state index contributed by atoms with van der Waals surface area (Å²) in [4.78, 5) is 27.6. The van der Waals surface area contributed by atoms with Crippen molar-refractivity contribution in [2.75, 3.05) is 30.3 Å². The molecule has 1 fully saturated rings. The highest BCUT2D eigenvalue weighted by Gasteiger charge is 2.23. The van der Waals surface area contributed by atoms with E-state index in [0.717, 1.165) is 58.3 Å². The molecular weight excluding hydrogens is 780 g/mol. The van der Waals surface area contributed by atoms with Crippen LogP contribution in [0, 0.1) is 0 Å². The number of phenolic OH excluding ortho intramolecular Hbond substituents is 1. The fourth-order valence-corrected chi connectivity index (χ4v) is 7.20. The molecule has 240 valence electrons. The number of aromatic hydroxyl groups is 1. The maximum absolute atomic E-state index is 12.8. The number of anilines is 2. The molecule has 0 aromatic heterocycles. The Kier molecular flexibility index (Phi) is 12.3. The third kappa shape index (κ3) is 9.65. The zero-order chi connectivity index (χ0) is 32.5. The van der Waals surface area contributed by atoms with Crippen molar-refractivity contribution >= 4 is 71.2 Å². The van der Waals surface area contributed by atoms with Crippen molar-refractivity contribution < 1.29 is 19.4 Å². The van der Waals surface area contributed by atoms with Gasteiger partial charge in [-0.3, -0.25) is 10.1 Å². The quantitative estimate of drug-likeness (QED) is 0.121. The van der Waals surface area contributed by atoms with Gasteiger partial charge in [0, 0.05) is 54.9 Å². The van der Waals surface area contributed by atoms with E-state index in [9.17, 15) is 14.7 Å². The first-order valence-electron chi connectivity index (χ1n) is 15.1. The van der Waals surface area contributed by atoms with Crippen LogP contribution in [0.3, 0.4) is 0 Å². The zero-order valence-electron chi connectivity index (χ0n) is 25.1. The first-order chi connectivity index (χ1) is 22.2. The Labute approximate surface area is 294 Å². The minimum Gasteiger partial charge on any atom is -0.506 e. The zero-order valence-corrected chi connectivity index (χ0v) is 29.8. The number of rotatable bonds is 11. The summed E-state index contributed by atoms with van der Waals surface area (Å²) in [7, 11) is 0. The molecule has 46 heavy (non-hydrogen) atoms. The Morgan fingerprint density at radius 1 is 0.804 bits per heavy atom. The van der Waals surface area contributed by atoms with Crippen LogP contribution in [0.2, 0.25) is 0 Å². The molecule has 4 aromatic carbocycles. The van der Waals surface area contributed by atoms with Crippen molar-refractivity contribution in [1.82, 2.24) is 10.2 Å². The van der Waals surface area contributed by atoms with E-state index in [1.807, 2.05) is 84.9 Å². The number of benzene rings is 4. The molecule has 4 aromatic rings. The van der Waals surface area contributed by atoms with Gasteiger partial charge in [0.25, 0.3) is 0 Å². The van der Waals surface area contributed by atoms with E-state index in [0.29, 0.717) is 40.7 Å². The van der Waals surface area contributed by atoms with E-state index >= 15 is 0 Å². The highest BCUT2D eigenvalue weighted by molar-refractivity contribution is 9.11. The second kappa shape index (κ2) is 16.6. The third-order valence-electron chi connectivity index (χ3n) is 7.75. The third-order valence-corrected chi connectivity index (χ3v) is 9.62. The number of nitrogens with zero attached hydrogens (tertiary/aromatic N) is 1. The van der Waals surface area contributed by atoms with Crippen LogP contribution in [0.15, 0.2) is 98.3 Å². The van der Waals surface area contributed by atoms with Crippen LogP contribution in [-0.2, 0) is 22.6 Å². The van der Waals surface area contributed by atoms with Gasteiger partial charge in [-0.25, -0.2) is 4.79 Å². The highest BCUT2D eigenvalue weighted by atomic mass is 79.9. The monoisotopic (exact) mass is 812 g/mol. The highest BCUT2D eigenvalue weighted by Crippen LogP contribution is 2.35. The van der Waals surface area contributed by atoms with E-state index < -0.39 is 6.09 Å². The minimum atomic E-state index is -0.464. The largest absolute Gasteiger partial charge is 0.506 e. The average Bonchev–Trinajstić information content (AvgIpc) is 3.04. The van der Waals surface area contributed by atoms with Crippen LogP contribution in [0.1, 0.15) is 30.4 Å². The average molecular weight is 815 g/mol. The molecule has 0 spiro atoms. The molecule has 2 amide bonds. The Morgan fingerprint density at radius 2 is 1.48 bits per heavy atom. The SMILES string of the molecule is O=C(CCN1CCC(OC(=O)Nc2cccc(Br)c2-c2ccccc2)CC1)Nc1ccc(CNCc2cc(Br)c(O)c(Br)c2)cc1.